The molecule has 2 atom stereocenters. The number of benzene rings is 1. The zero-order valence-corrected chi connectivity index (χ0v) is 10.9. The van der Waals surface area contributed by atoms with E-state index in [1.54, 1.807) is 0 Å². The molecule has 2 N–H and O–H groups in total. The minimum absolute atomic E-state index is 0.0192. The van der Waals surface area contributed by atoms with Crippen LogP contribution in [0, 0.1) is 11.8 Å². The molecule has 2 unspecified atom stereocenters. The Morgan fingerprint density at radius 1 is 1.20 bits per heavy atom. The van der Waals surface area contributed by atoms with Gasteiger partial charge in [0.2, 0.25) is 5.91 Å². The van der Waals surface area contributed by atoms with E-state index in [0.29, 0.717) is 0 Å². The van der Waals surface area contributed by atoms with Crippen molar-refractivity contribution in [2.24, 2.45) is 11.8 Å². The first kappa shape index (κ1) is 16.0. The van der Waals surface area contributed by atoms with Crippen LogP contribution in [0.15, 0.2) is 24.3 Å². The van der Waals surface area contributed by atoms with Crippen LogP contribution in [0.1, 0.15) is 19.4 Å². The van der Waals surface area contributed by atoms with E-state index in [1.807, 2.05) is 0 Å². The molecule has 0 saturated carbocycles. The Kier molecular flexibility index (Phi) is 4.75. The maximum absolute atomic E-state index is 12.5. The molecule has 0 bridgehead atoms. The summed E-state index contributed by atoms with van der Waals surface area (Å²) in [5.41, 5.74) is -0.900. The van der Waals surface area contributed by atoms with Crippen molar-refractivity contribution in [1.29, 1.82) is 0 Å². The molecular weight excluding hydrogens is 275 g/mol. The SMILES string of the molecule is CC(C(=O)O)C(C)C(=O)Nc1cccc(C(F)(F)F)c1. The highest BCUT2D eigenvalue weighted by Gasteiger charge is 2.31. The van der Waals surface area contributed by atoms with Gasteiger partial charge in [-0.25, -0.2) is 0 Å². The third kappa shape index (κ3) is 3.97. The van der Waals surface area contributed by atoms with Gasteiger partial charge in [-0.2, -0.15) is 13.2 Å². The fourth-order valence-electron chi connectivity index (χ4n) is 1.47. The Morgan fingerprint density at radius 3 is 2.30 bits per heavy atom. The van der Waals surface area contributed by atoms with Gasteiger partial charge >= 0.3 is 12.1 Å². The smallest absolute Gasteiger partial charge is 0.416 e. The van der Waals surface area contributed by atoms with Gasteiger partial charge in [0.1, 0.15) is 0 Å². The maximum Gasteiger partial charge on any atom is 0.416 e. The number of amides is 1. The topological polar surface area (TPSA) is 66.4 Å². The summed E-state index contributed by atoms with van der Waals surface area (Å²) in [6, 6.07) is 4.17. The molecule has 0 aliphatic rings. The van der Waals surface area contributed by atoms with Gasteiger partial charge < -0.3 is 10.4 Å². The third-order valence-electron chi connectivity index (χ3n) is 3.01. The van der Waals surface area contributed by atoms with Gasteiger partial charge in [0.15, 0.2) is 0 Å². The van der Waals surface area contributed by atoms with Crippen molar-refractivity contribution in [2.45, 2.75) is 20.0 Å². The second-order valence-corrected chi connectivity index (χ2v) is 4.48. The van der Waals surface area contributed by atoms with E-state index in [1.165, 1.54) is 26.0 Å². The number of carbonyl (C=O) groups is 2. The lowest BCUT2D eigenvalue weighted by Crippen LogP contribution is -2.30. The standard InChI is InChI=1S/C13H14F3NO3/c1-7(8(2)12(19)20)11(18)17-10-5-3-4-9(6-10)13(14,15)16/h3-8H,1-2H3,(H,17,18)(H,19,20). The lowest BCUT2D eigenvalue weighted by Gasteiger charge is -2.16. The van der Waals surface area contributed by atoms with Crippen LogP contribution in [0.25, 0.3) is 0 Å². The number of nitrogens with one attached hydrogen (secondary N) is 1. The predicted molar refractivity (Wildman–Crippen MR) is 66.0 cm³/mol. The number of halogens is 3. The van der Waals surface area contributed by atoms with Gasteiger partial charge in [-0.15, -0.1) is 0 Å². The molecule has 1 aromatic carbocycles. The predicted octanol–water partition coefficient (Wildman–Crippen LogP) is 3.00. The number of carbonyl (C=O) groups excluding carboxylic acids is 1. The summed E-state index contributed by atoms with van der Waals surface area (Å²) >= 11 is 0. The van der Waals surface area contributed by atoms with Crippen molar-refractivity contribution in [3.8, 4) is 0 Å². The molecule has 1 amide bonds. The maximum atomic E-state index is 12.5. The van der Waals surface area contributed by atoms with E-state index in [-0.39, 0.29) is 5.69 Å². The van der Waals surface area contributed by atoms with Crippen molar-refractivity contribution in [2.75, 3.05) is 5.32 Å². The van der Waals surface area contributed by atoms with Crippen LogP contribution in [-0.2, 0) is 15.8 Å². The number of aliphatic carboxylic acids is 1. The minimum Gasteiger partial charge on any atom is -0.481 e. The van der Waals surface area contributed by atoms with Gasteiger partial charge in [0.25, 0.3) is 0 Å². The third-order valence-corrected chi connectivity index (χ3v) is 3.01. The van der Waals surface area contributed by atoms with E-state index in [2.05, 4.69) is 5.32 Å². The van der Waals surface area contributed by atoms with E-state index in [0.717, 1.165) is 12.1 Å². The number of carboxylic acids is 1. The first-order valence-corrected chi connectivity index (χ1v) is 5.84. The van der Waals surface area contributed by atoms with E-state index in [9.17, 15) is 22.8 Å². The van der Waals surface area contributed by atoms with Crippen molar-refractivity contribution >= 4 is 17.6 Å². The molecule has 110 valence electrons. The molecule has 0 fully saturated rings. The summed E-state index contributed by atoms with van der Waals surface area (Å²) < 4.78 is 37.5. The highest BCUT2D eigenvalue weighted by molar-refractivity contribution is 5.94. The van der Waals surface area contributed by atoms with Gasteiger partial charge in [-0.3, -0.25) is 9.59 Å². The van der Waals surface area contributed by atoms with Gasteiger partial charge in [-0.05, 0) is 18.2 Å². The molecule has 1 aromatic rings. The number of rotatable bonds is 4. The molecule has 7 heteroatoms. The molecule has 0 radical (unpaired) electrons. The average Bonchev–Trinajstić information content (AvgIpc) is 2.36. The second-order valence-electron chi connectivity index (χ2n) is 4.48. The van der Waals surface area contributed by atoms with Crippen LogP contribution >= 0.6 is 0 Å². The lowest BCUT2D eigenvalue weighted by molar-refractivity contribution is -0.145. The van der Waals surface area contributed by atoms with Gasteiger partial charge in [-0.1, -0.05) is 19.9 Å². The summed E-state index contributed by atoms with van der Waals surface area (Å²) in [5.74, 6) is -3.57. The normalized spacial score (nSPS) is 14.4. The number of alkyl halides is 3. The quantitative estimate of drug-likeness (QED) is 0.895. The Morgan fingerprint density at radius 2 is 1.80 bits per heavy atom. The summed E-state index contributed by atoms with van der Waals surface area (Å²) in [4.78, 5) is 22.5. The summed E-state index contributed by atoms with van der Waals surface area (Å²) in [6.45, 7) is 2.76. The van der Waals surface area contributed by atoms with Crippen molar-refractivity contribution in [1.82, 2.24) is 0 Å². The molecule has 0 aliphatic heterocycles. The first-order valence-electron chi connectivity index (χ1n) is 5.84. The van der Waals surface area contributed by atoms with Gasteiger partial charge in [0.05, 0.1) is 11.5 Å². The highest BCUT2D eigenvalue weighted by atomic mass is 19.4. The summed E-state index contributed by atoms with van der Waals surface area (Å²) in [6.07, 6.45) is -4.50. The Hall–Kier alpha value is -2.05. The fourth-order valence-corrected chi connectivity index (χ4v) is 1.47. The highest BCUT2D eigenvalue weighted by Crippen LogP contribution is 2.30. The molecule has 0 heterocycles. The molecule has 0 saturated heterocycles. The van der Waals surface area contributed by atoms with E-state index < -0.39 is 35.5 Å². The zero-order valence-electron chi connectivity index (χ0n) is 10.9. The molecule has 4 nitrogen and oxygen atoms in total. The summed E-state index contributed by atoms with van der Waals surface area (Å²) in [5, 5.41) is 11.1. The van der Waals surface area contributed by atoms with E-state index in [4.69, 9.17) is 5.11 Å². The van der Waals surface area contributed by atoms with Crippen molar-refractivity contribution < 1.29 is 27.9 Å². The number of carboxylic acid groups (broad SMARTS) is 1. The molecule has 0 spiro atoms. The van der Waals surface area contributed by atoms with Crippen LogP contribution in [0.3, 0.4) is 0 Å². The first-order chi connectivity index (χ1) is 9.12. The molecule has 0 aliphatic carbocycles. The molecule has 20 heavy (non-hydrogen) atoms. The van der Waals surface area contributed by atoms with Crippen LogP contribution in [0.2, 0.25) is 0 Å². The van der Waals surface area contributed by atoms with Crippen LogP contribution < -0.4 is 5.32 Å². The Bertz CT molecular complexity index is 514. The zero-order chi connectivity index (χ0) is 15.5. The van der Waals surface area contributed by atoms with E-state index >= 15 is 0 Å². The minimum atomic E-state index is -4.50. The second kappa shape index (κ2) is 5.94. The lowest BCUT2D eigenvalue weighted by atomic mass is 9.95. The Balaban J connectivity index is 2.84. The fraction of sp³-hybridized carbons (Fsp3) is 0.385. The largest absolute Gasteiger partial charge is 0.481 e. The van der Waals surface area contributed by atoms with Crippen LogP contribution in [-0.4, -0.2) is 17.0 Å². The van der Waals surface area contributed by atoms with Crippen LogP contribution in [0.5, 0.6) is 0 Å². The Labute approximate surface area is 113 Å². The monoisotopic (exact) mass is 289 g/mol. The number of hydrogen-bond donors (Lipinski definition) is 2. The molecule has 0 aromatic heterocycles. The van der Waals surface area contributed by atoms with Crippen LogP contribution in [0.4, 0.5) is 18.9 Å². The van der Waals surface area contributed by atoms with Crippen molar-refractivity contribution in [3.05, 3.63) is 29.8 Å². The average molecular weight is 289 g/mol. The molecular formula is C13H14F3NO3. The number of hydrogen-bond acceptors (Lipinski definition) is 2. The molecule has 1 rings (SSSR count). The summed E-state index contributed by atoms with van der Waals surface area (Å²) in [7, 11) is 0. The number of anilines is 1. The van der Waals surface area contributed by atoms with Gasteiger partial charge in [0, 0.05) is 11.6 Å². The van der Waals surface area contributed by atoms with Crippen molar-refractivity contribution in [3.63, 3.8) is 0 Å².